The summed E-state index contributed by atoms with van der Waals surface area (Å²) in [5.41, 5.74) is -0.338. The first-order chi connectivity index (χ1) is 7.62. The molecule has 1 unspecified atom stereocenters. The fourth-order valence-electron chi connectivity index (χ4n) is 1.59. The minimum atomic E-state index is -1.13. The van der Waals surface area contributed by atoms with Crippen LogP contribution in [-0.2, 0) is 15.1 Å². The summed E-state index contributed by atoms with van der Waals surface area (Å²) in [4.78, 5) is 0. The fraction of sp³-hybridized carbons (Fsp3) is 0.538. The number of hydrogen-bond donors (Lipinski definition) is 1. The van der Waals surface area contributed by atoms with Crippen LogP contribution in [0.15, 0.2) is 30.3 Å². The third kappa shape index (κ3) is 3.04. The molecule has 1 rings (SSSR count). The van der Waals surface area contributed by atoms with Crippen LogP contribution in [-0.4, -0.2) is 24.6 Å². The number of hydrogen-bond acceptors (Lipinski definition) is 3. The number of benzene rings is 1. The average molecular weight is 224 g/mol. The van der Waals surface area contributed by atoms with Gasteiger partial charge < -0.3 is 14.6 Å². The smallest absolute Gasteiger partial charge is 0.190 e. The predicted octanol–water partition coefficient (Wildman–Crippen LogP) is 2.29. The van der Waals surface area contributed by atoms with Gasteiger partial charge in [-0.3, -0.25) is 0 Å². The molecule has 90 valence electrons. The molecule has 0 aliphatic rings. The van der Waals surface area contributed by atoms with Gasteiger partial charge in [0.1, 0.15) is 5.60 Å². The van der Waals surface area contributed by atoms with Gasteiger partial charge in [-0.25, -0.2) is 0 Å². The first-order valence-corrected chi connectivity index (χ1v) is 5.64. The molecule has 0 amide bonds. The van der Waals surface area contributed by atoms with Crippen molar-refractivity contribution < 1.29 is 14.6 Å². The molecule has 0 saturated heterocycles. The third-order valence-corrected chi connectivity index (χ3v) is 2.45. The zero-order valence-electron chi connectivity index (χ0n) is 10.1. The van der Waals surface area contributed by atoms with E-state index in [0.717, 1.165) is 5.56 Å². The van der Waals surface area contributed by atoms with Crippen LogP contribution in [0.5, 0.6) is 0 Å². The maximum Gasteiger partial charge on any atom is 0.190 e. The standard InChI is InChI=1S/C13H20O3/c1-4-15-12(16-5-2)13(3,14)11-9-7-6-8-10-11/h6-10,12,14H,4-5H2,1-3H3. The van der Waals surface area contributed by atoms with Crippen molar-refractivity contribution in [1.29, 1.82) is 0 Å². The van der Waals surface area contributed by atoms with E-state index in [0.29, 0.717) is 13.2 Å². The molecule has 0 aromatic heterocycles. The molecule has 1 atom stereocenters. The van der Waals surface area contributed by atoms with Gasteiger partial charge in [0.25, 0.3) is 0 Å². The molecule has 0 spiro atoms. The summed E-state index contributed by atoms with van der Waals surface area (Å²) in [7, 11) is 0. The van der Waals surface area contributed by atoms with Gasteiger partial charge in [-0.2, -0.15) is 0 Å². The zero-order valence-corrected chi connectivity index (χ0v) is 10.1. The Morgan fingerprint density at radius 1 is 1.12 bits per heavy atom. The first-order valence-electron chi connectivity index (χ1n) is 5.64. The molecule has 1 aromatic carbocycles. The van der Waals surface area contributed by atoms with Gasteiger partial charge in [-0.1, -0.05) is 30.3 Å². The van der Waals surface area contributed by atoms with Crippen molar-refractivity contribution in [3.05, 3.63) is 35.9 Å². The second-order valence-electron chi connectivity index (χ2n) is 3.76. The Morgan fingerprint density at radius 3 is 2.06 bits per heavy atom. The zero-order chi connectivity index (χ0) is 12.0. The Bertz CT molecular complexity index is 289. The van der Waals surface area contributed by atoms with Gasteiger partial charge >= 0.3 is 0 Å². The lowest BCUT2D eigenvalue weighted by Gasteiger charge is -2.32. The van der Waals surface area contributed by atoms with Gasteiger partial charge in [0.2, 0.25) is 0 Å². The van der Waals surface area contributed by atoms with Crippen LogP contribution in [0.25, 0.3) is 0 Å². The summed E-state index contributed by atoms with van der Waals surface area (Å²) in [5.74, 6) is 0. The van der Waals surface area contributed by atoms with E-state index in [1.807, 2.05) is 44.2 Å². The largest absolute Gasteiger partial charge is 0.380 e. The van der Waals surface area contributed by atoms with Crippen molar-refractivity contribution in [1.82, 2.24) is 0 Å². The van der Waals surface area contributed by atoms with Crippen LogP contribution in [0.2, 0.25) is 0 Å². The lowest BCUT2D eigenvalue weighted by Crippen LogP contribution is -2.40. The third-order valence-electron chi connectivity index (χ3n) is 2.45. The molecule has 0 radical (unpaired) electrons. The Hall–Kier alpha value is -0.900. The highest BCUT2D eigenvalue weighted by atomic mass is 16.7. The molecule has 0 saturated carbocycles. The van der Waals surface area contributed by atoms with Crippen LogP contribution >= 0.6 is 0 Å². The van der Waals surface area contributed by atoms with Crippen LogP contribution in [0.4, 0.5) is 0 Å². The maximum absolute atomic E-state index is 10.5. The highest BCUT2D eigenvalue weighted by Gasteiger charge is 2.34. The lowest BCUT2D eigenvalue weighted by molar-refractivity contribution is -0.233. The summed E-state index contributed by atoms with van der Waals surface area (Å²) in [6.45, 7) is 6.49. The van der Waals surface area contributed by atoms with E-state index < -0.39 is 11.9 Å². The SMILES string of the molecule is CCOC(OCC)C(C)(O)c1ccccc1. The average Bonchev–Trinajstić information content (AvgIpc) is 2.30. The van der Waals surface area contributed by atoms with Crippen LogP contribution in [0.1, 0.15) is 26.3 Å². The van der Waals surface area contributed by atoms with E-state index in [1.165, 1.54) is 0 Å². The van der Waals surface area contributed by atoms with Crippen molar-refractivity contribution in [2.45, 2.75) is 32.7 Å². The Labute approximate surface area is 97.0 Å². The molecule has 3 nitrogen and oxygen atoms in total. The molecule has 0 heterocycles. The summed E-state index contributed by atoms with van der Waals surface area (Å²) in [6, 6.07) is 9.42. The molecule has 16 heavy (non-hydrogen) atoms. The van der Waals surface area contributed by atoms with E-state index in [4.69, 9.17) is 9.47 Å². The molecular weight excluding hydrogens is 204 g/mol. The second kappa shape index (κ2) is 5.99. The first kappa shape index (κ1) is 13.2. The van der Waals surface area contributed by atoms with Gasteiger partial charge in [0.15, 0.2) is 6.29 Å². The quantitative estimate of drug-likeness (QED) is 0.753. The summed E-state index contributed by atoms with van der Waals surface area (Å²) < 4.78 is 10.9. The molecule has 1 aromatic rings. The van der Waals surface area contributed by atoms with E-state index in [9.17, 15) is 5.11 Å². The minimum Gasteiger partial charge on any atom is -0.380 e. The Balaban J connectivity index is 2.88. The van der Waals surface area contributed by atoms with E-state index in [-0.39, 0.29) is 0 Å². The Morgan fingerprint density at radius 2 is 1.62 bits per heavy atom. The molecule has 0 bridgehead atoms. The van der Waals surface area contributed by atoms with Gasteiger partial charge in [-0.15, -0.1) is 0 Å². The summed E-state index contributed by atoms with van der Waals surface area (Å²) in [6.07, 6.45) is -0.634. The summed E-state index contributed by atoms with van der Waals surface area (Å²) >= 11 is 0. The van der Waals surface area contributed by atoms with E-state index >= 15 is 0 Å². The van der Waals surface area contributed by atoms with Crippen molar-refractivity contribution in [2.75, 3.05) is 13.2 Å². The molecule has 3 heteroatoms. The van der Waals surface area contributed by atoms with Gasteiger partial charge in [-0.05, 0) is 26.3 Å². The van der Waals surface area contributed by atoms with Crippen LogP contribution < -0.4 is 0 Å². The van der Waals surface area contributed by atoms with Crippen LogP contribution in [0, 0.1) is 0 Å². The Kier molecular flexibility index (Phi) is 4.93. The van der Waals surface area contributed by atoms with Gasteiger partial charge in [0.05, 0.1) is 0 Å². The van der Waals surface area contributed by atoms with Crippen molar-refractivity contribution in [2.24, 2.45) is 0 Å². The normalized spacial score (nSPS) is 15.1. The predicted molar refractivity (Wildman–Crippen MR) is 63.1 cm³/mol. The van der Waals surface area contributed by atoms with Crippen molar-refractivity contribution in [3.8, 4) is 0 Å². The monoisotopic (exact) mass is 224 g/mol. The molecule has 0 aliphatic carbocycles. The lowest BCUT2D eigenvalue weighted by atomic mass is 9.95. The second-order valence-corrected chi connectivity index (χ2v) is 3.76. The summed E-state index contributed by atoms with van der Waals surface area (Å²) in [5, 5.41) is 10.5. The number of aliphatic hydroxyl groups is 1. The van der Waals surface area contributed by atoms with Crippen molar-refractivity contribution >= 4 is 0 Å². The molecule has 0 fully saturated rings. The highest BCUT2D eigenvalue weighted by Crippen LogP contribution is 2.27. The number of rotatable bonds is 6. The van der Waals surface area contributed by atoms with E-state index in [1.54, 1.807) is 6.92 Å². The number of ether oxygens (including phenoxy) is 2. The molecule has 1 N–H and O–H groups in total. The molecular formula is C13H20O3. The van der Waals surface area contributed by atoms with Gasteiger partial charge in [0, 0.05) is 13.2 Å². The molecule has 0 aliphatic heterocycles. The topological polar surface area (TPSA) is 38.7 Å². The fourth-order valence-corrected chi connectivity index (χ4v) is 1.59. The minimum absolute atomic E-state index is 0.508. The van der Waals surface area contributed by atoms with Crippen molar-refractivity contribution in [3.63, 3.8) is 0 Å². The van der Waals surface area contributed by atoms with Crippen LogP contribution in [0.3, 0.4) is 0 Å². The highest BCUT2D eigenvalue weighted by molar-refractivity contribution is 5.22. The maximum atomic E-state index is 10.5. The van der Waals surface area contributed by atoms with E-state index in [2.05, 4.69) is 0 Å².